The third-order valence-electron chi connectivity index (χ3n) is 4.76. The molecule has 1 aliphatic heterocycles. The van der Waals surface area contributed by atoms with Gasteiger partial charge in [-0.2, -0.15) is 0 Å². The number of nitrogens with one attached hydrogen (secondary N) is 2. The van der Waals surface area contributed by atoms with Crippen molar-refractivity contribution in [2.75, 3.05) is 33.4 Å². The van der Waals surface area contributed by atoms with Gasteiger partial charge in [-0.15, -0.1) is 0 Å². The molecule has 0 unspecified atom stereocenters. The van der Waals surface area contributed by atoms with Gasteiger partial charge in [0.25, 0.3) is 0 Å². The first-order valence-electron chi connectivity index (χ1n) is 9.61. The predicted molar refractivity (Wildman–Crippen MR) is 111 cm³/mol. The number of aliphatic imine (C=N–C) groups is 1. The molecule has 27 heavy (non-hydrogen) atoms. The van der Waals surface area contributed by atoms with Crippen LogP contribution in [0.4, 0.5) is 0 Å². The molecule has 1 saturated heterocycles. The Balaban J connectivity index is 1.45. The number of rotatable bonds is 6. The summed E-state index contributed by atoms with van der Waals surface area (Å²) < 4.78 is 5.41. The van der Waals surface area contributed by atoms with Crippen LogP contribution < -0.4 is 10.6 Å². The molecular formula is C22H30N4O. The van der Waals surface area contributed by atoms with Crippen LogP contribution in [-0.4, -0.2) is 44.2 Å². The molecule has 1 heterocycles. The largest absolute Gasteiger partial charge is 0.379 e. The van der Waals surface area contributed by atoms with Gasteiger partial charge in [0.2, 0.25) is 0 Å². The second kappa shape index (κ2) is 10.1. The van der Waals surface area contributed by atoms with E-state index < -0.39 is 0 Å². The maximum atomic E-state index is 5.41. The molecule has 0 amide bonds. The van der Waals surface area contributed by atoms with E-state index in [-0.39, 0.29) is 0 Å². The number of guanidine groups is 1. The molecular weight excluding hydrogens is 336 g/mol. The molecule has 0 spiro atoms. The minimum atomic E-state index is 0.755. The monoisotopic (exact) mass is 366 g/mol. The van der Waals surface area contributed by atoms with Crippen LogP contribution in [0, 0.1) is 6.92 Å². The average Bonchev–Trinajstić information content (AvgIpc) is 2.70. The number of benzene rings is 2. The van der Waals surface area contributed by atoms with E-state index in [0.717, 1.165) is 51.9 Å². The van der Waals surface area contributed by atoms with E-state index in [0.29, 0.717) is 0 Å². The van der Waals surface area contributed by atoms with E-state index in [2.05, 4.69) is 76.0 Å². The lowest BCUT2D eigenvalue weighted by Crippen LogP contribution is -2.36. The van der Waals surface area contributed by atoms with Gasteiger partial charge in [0.1, 0.15) is 0 Å². The van der Waals surface area contributed by atoms with Crippen molar-refractivity contribution in [3.05, 3.63) is 70.8 Å². The fourth-order valence-electron chi connectivity index (χ4n) is 3.19. The van der Waals surface area contributed by atoms with Crippen molar-refractivity contribution < 1.29 is 4.74 Å². The van der Waals surface area contributed by atoms with Gasteiger partial charge in [0.15, 0.2) is 5.96 Å². The van der Waals surface area contributed by atoms with Gasteiger partial charge in [-0.05, 0) is 23.6 Å². The average molecular weight is 367 g/mol. The van der Waals surface area contributed by atoms with E-state index >= 15 is 0 Å². The Labute approximate surface area is 162 Å². The maximum Gasteiger partial charge on any atom is 0.191 e. The number of hydrogen-bond acceptors (Lipinski definition) is 3. The van der Waals surface area contributed by atoms with E-state index in [4.69, 9.17) is 4.74 Å². The van der Waals surface area contributed by atoms with Crippen LogP contribution in [0.2, 0.25) is 0 Å². The van der Waals surface area contributed by atoms with Gasteiger partial charge in [-0.1, -0.05) is 54.1 Å². The molecule has 0 saturated carbocycles. The molecule has 5 heteroatoms. The molecule has 2 aromatic carbocycles. The van der Waals surface area contributed by atoms with Gasteiger partial charge < -0.3 is 15.4 Å². The van der Waals surface area contributed by atoms with Gasteiger partial charge in [-0.25, -0.2) is 0 Å². The zero-order valence-corrected chi connectivity index (χ0v) is 16.4. The number of aryl methyl sites for hydroxylation is 1. The maximum absolute atomic E-state index is 5.41. The van der Waals surface area contributed by atoms with E-state index in [1.165, 1.54) is 22.3 Å². The van der Waals surface area contributed by atoms with Crippen LogP contribution in [0.25, 0.3) is 0 Å². The molecule has 0 atom stereocenters. The summed E-state index contributed by atoms with van der Waals surface area (Å²) >= 11 is 0. The first kappa shape index (κ1) is 19.4. The lowest BCUT2D eigenvalue weighted by Gasteiger charge is -2.26. The summed E-state index contributed by atoms with van der Waals surface area (Å²) in [4.78, 5) is 6.75. The van der Waals surface area contributed by atoms with Crippen LogP contribution in [0.5, 0.6) is 0 Å². The fraction of sp³-hybridized carbons (Fsp3) is 0.409. The Kier molecular flexibility index (Phi) is 7.25. The standard InChI is InChI=1S/C22H30N4O/c1-18-4-3-5-21(14-18)16-25-22(23-2)24-15-19-6-8-20(9-7-19)17-26-10-12-27-13-11-26/h3-9,14H,10-13,15-17H2,1-2H3,(H2,23,24,25). The quantitative estimate of drug-likeness (QED) is 0.610. The molecule has 3 rings (SSSR count). The smallest absolute Gasteiger partial charge is 0.191 e. The van der Waals surface area contributed by atoms with Crippen molar-refractivity contribution >= 4 is 5.96 Å². The van der Waals surface area contributed by atoms with Gasteiger partial charge in [-0.3, -0.25) is 9.89 Å². The first-order valence-corrected chi connectivity index (χ1v) is 9.61. The third kappa shape index (κ3) is 6.38. The molecule has 1 fully saturated rings. The van der Waals surface area contributed by atoms with E-state index in [1.54, 1.807) is 7.05 Å². The highest BCUT2D eigenvalue weighted by Gasteiger charge is 2.10. The van der Waals surface area contributed by atoms with Crippen LogP contribution in [0.3, 0.4) is 0 Å². The summed E-state index contributed by atoms with van der Waals surface area (Å²) in [6.45, 7) is 8.35. The number of ether oxygens (including phenoxy) is 1. The fourth-order valence-corrected chi connectivity index (χ4v) is 3.19. The SMILES string of the molecule is CN=C(NCc1ccc(CN2CCOCC2)cc1)NCc1cccc(C)c1. The number of nitrogens with zero attached hydrogens (tertiary/aromatic N) is 2. The van der Waals surface area contributed by atoms with Crippen molar-refractivity contribution in [1.82, 2.24) is 15.5 Å². The van der Waals surface area contributed by atoms with Crippen LogP contribution >= 0.6 is 0 Å². The second-order valence-corrected chi connectivity index (χ2v) is 6.97. The molecule has 1 aliphatic rings. The Morgan fingerprint density at radius 1 is 0.963 bits per heavy atom. The highest BCUT2D eigenvalue weighted by molar-refractivity contribution is 5.79. The van der Waals surface area contributed by atoms with Crippen LogP contribution in [0.15, 0.2) is 53.5 Å². The Morgan fingerprint density at radius 2 is 1.63 bits per heavy atom. The predicted octanol–water partition coefficient (Wildman–Crippen LogP) is 2.69. The van der Waals surface area contributed by atoms with Crippen molar-refractivity contribution in [3.63, 3.8) is 0 Å². The first-order chi connectivity index (χ1) is 13.2. The lowest BCUT2D eigenvalue weighted by molar-refractivity contribution is 0.0342. The summed E-state index contributed by atoms with van der Waals surface area (Å²) in [6, 6.07) is 17.3. The molecule has 5 nitrogen and oxygen atoms in total. The highest BCUT2D eigenvalue weighted by atomic mass is 16.5. The highest BCUT2D eigenvalue weighted by Crippen LogP contribution is 2.09. The Hall–Kier alpha value is -2.37. The van der Waals surface area contributed by atoms with E-state index in [9.17, 15) is 0 Å². The molecule has 2 N–H and O–H groups in total. The number of morpholine rings is 1. The van der Waals surface area contributed by atoms with Crippen molar-refractivity contribution in [1.29, 1.82) is 0 Å². The molecule has 144 valence electrons. The second-order valence-electron chi connectivity index (χ2n) is 6.97. The van der Waals surface area contributed by atoms with Gasteiger partial charge in [0, 0.05) is 39.8 Å². The normalized spacial score (nSPS) is 15.6. The van der Waals surface area contributed by atoms with Gasteiger partial charge in [0.05, 0.1) is 13.2 Å². The van der Waals surface area contributed by atoms with Crippen LogP contribution in [0.1, 0.15) is 22.3 Å². The van der Waals surface area contributed by atoms with Crippen molar-refractivity contribution in [2.45, 2.75) is 26.6 Å². The van der Waals surface area contributed by atoms with E-state index in [1.807, 2.05) is 0 Å². The van der Waals surface area contributed by atoms with Gasteiger partial charge >= 0.3 is 0 Å². The summed E-state index contributed by atoms with van der Waals surface area (Å²) in [5.41, 5.74) is 5.13. The number of hydrogen-bond donors (Lipinski definition) is 2. The summed E-state index contributed by atoms with van der Waals surface area (Å²) in [5.74, 6) is 0.814. The Morgan fingerprint density at radius 3 is 2.30 bits per heavy atom. The minimum Gasteiger partial charge on any atom is -0.379 e. The topological polar surface area (TPSA) is 48.9 Å². The summed E-state index contributed by atoms with van der Waals surface area (Å²) in [7, 11) is 1.80. The third-order valence-corrected chi connectivity index (χ3v) is 4.76. The summed E-state index contributed by atoms with van der Waals surface area (Å²) in [5, 5.41) is 6.75. The zero-order chi connectivity index (χ0) is 18.9. The zero-order valence-electron chi connectivity index (χ0n) is 16.4. The summed E-state index contributed by atoms with van der Waals surface area (Å²) in [6.07, 6.45) is 0. The molecule has 0 aromatic heterocycles. The van der Waals surface area contributed by atoms with Crippen LogP contribution in [-0.2, 0) is 24.4 Å². The molecule has 2 aromatic rings. The van der Waals surface area contributed by atoms with Crippen molar-refractivity contribution in [2.24, 2.45) is 4.99 Å². The molecule has 0 radical (unpaired) electrons. The molecule has 0 bridgehead atoms. The van der Waals surface area contributed by atoms with Crippen molar-refractivity contribution in [3.8, 4) is 0 Å². The molecule has 0 aliphatic carbocycles. The lowest BCUT2D eigenvalue weighted by atomic mass is 10.1. The minimum absolute atomic E-state index is 0.755. The Bertz CT molecular complexity index is 736.